The Hall–Kier alpha value is -2.80. The molecule has 0 aliphatic heterocycles. The third-order valence-electron chi connectivity index (χ3n) is 4.91. The molecule has 1 atom stereocenters. The van der Waals surface area contributed by atoms with Crippen LogP contribution in [0.5, 0.6) is 5.75 Å². The summed E-state index contributed by atoms with van der Waals surface area (Å²) in [7, 11) is 1.67. The van der Waals surface area contributed by atoms with Gasteiger partial charge in [0, 0.05) is 17.9 Å². The molecule has 0 aliphatic carbocycles. The Morgan fingerprint density at radius 1 is 1.16 bits per heavy atom. The van der Waals surface area contributed by atoms with Gasteiger partial charge in [0.25, 0.3) is 0 Å². The van der Waals surface area contributed by atoms with Gasteiger partial charge in [-0.2, -0.15) is 0 Å². The average molecular weight is 453 g/mol. The van der Waals surface area contributed by atoms with E-state index in [-0.39, 0.29) is 17.4 Å². The molecule has 3 rings (SSSR count). The van der Waals surface area contributed by atoms with Crippen LogP contribution in [0.25, 0.3) is 5.69 Å². The Kier molecular flexibility index (Phi) is 7.61. The summed E-state index contributed by atoms with van der Waals surface area (Å²) in [5.74, 6) is 2.28. The third-order valence-corrected chi connectivity index (χ3v) is 5.91. The molecule has 1 heterocycles. The SMILES string of the molecule is COc1cccc(CSc2nnc(C(C)NC(=O)CC(C)(C)C)n2-c2ccc(C)cc2)c1. The number of carbonyl (C=O) groups excluding carboxylic acids is 1. The predicted octanol–water partition coefficient (Wildman–Crippen LogP) is 5.49. The van der Waals surface area contributed by atoms with E-state index < -0.39 is 0 Å². The largest absolute Gasteiger partial charge is 0.497 e. The highest BCUT2D eigenvalue weighted by molar-refractivity contribution is 7.98. The second kappa shape index (κ2) is 10.2. The van der Waals surface area contributed by atoms with E-state index in [4.69, 9.17) is 4.74 Å². The van der Waals surface area contributed by atoms with Crippen molar-refractivity contribution in [3.05, 3.63) is 65.5 Å². The Labute approximate surface area is 194 Å². The Morgan fingerprint density at radius 3 is 2.53 bits per heavy atom. The molecule has 1 N–H and O–H groups in total. The number of hydrogen-bond acceptors (Lipinski definition) is 5. The van der Waals surface area contributed by atoms with E-state index in [1.807, 2.05) is 29.7 Å². The van der Waals surface area contributed by atoms with Gasteiger partial charge in [-0.3, -0.25) is 9.36 Å². The van der Waals surface area contributed by atoms with Gasteiger partial charge in [0.1, 0.15) is 5.75 Å². The molecule has 2 aromatic carbocycles. The van der Waals surface area contributed by atoms with E-state index in [1.165, 1.54) is 5.56 Å². The summed E-state index contributed by atoms with van der Waals surface area (Å²) < 4.78 is 7.37. The van der Waals surface area contributed by atoms with Gasteiger partial charge in [-0.15, -0.1) is 10.2 Å². The summed E-state index contributed by atoms with van der Waals surface area (Å²) in [5.41, 5.74) is 3.22. The fraction of sp³-hybridized carbons (Fsp3) is 0.400. The minimum absolute atomic E-state index is 0.00837. The maximum Gasteiger partial charge on any atom is 0.221 e. The Balaban J connectivity index is 1.87. The second-order valence-electron chi connectivity index (χ2n) is 9.18. The van der Waals surface area contributed by atoms with Gasteiger partial charge >= 0.3 is 0 Å². The summed E-state index contributed by atoms with van der Waals surface area (Å²) in [6, 6.07) is 16.0. The molecule has 1 unspecified atom stereocenters. The number of ether oxygens (including phenoxy) is 1. The van der Waals surface area contributed by atoms with Crippen LogP contribution in [0.15, 0.2) is 53.7 Å². The molecule has 6 nitrogen and oxygen atoms in total. The van der Waals surface area contributed by atoms with Crippen LogP contribution in [-0.4, -0.2) is 27.8 Å². The maximum atomic E-state index is 12.5. The van der Waals surface area contributed by atoms with Crippen LogP contribution in [0, 0.1) is 12.3 Å². The molecule has 1 aromatic heterocycles. The average Bonchev–Trinajstić information content (AvgIpc) is 3.15. The summed E-state index contributed by atoms with van der Waals surface area (Å²) in [6.45, 7) is 10.2. The number of thioether (sulfide) groups is 1. The van der Waals surface area contributed by atoms with E-state index in [1.54, 1.807) is 18.9 Å². The van der Waals surface area contributed by atoms with Crippen molar-refractivity contribution >= 4 is 17.7 Å². The van der Waals surface area contributed by atoms with Crippen molar-refractivity contribution in [2.24, 2.45) is 5.41 Å². The fourth-order valence-corrected chi connectivity index (χ4v) is 4.24. The zero-order chi connectivity index (χ0) is 23.3. The number of methoxy groups -OCH3 is 1. The molecule has 32 heavy (non-hydrogen) atoms. The van der Waals surface area contributed by atoms with Gasteiger partial charge < -0.3 is 10.1 Å². The summed E-state index contributed by atoms with van der Waals surface area (Å²) in [4.78, 5) is 12.5. The monoisotopic (exact) mass is 452 g/mol. The standard InChI is InChI=1S/C25H32N4O2S/c1-17-10-12-20(13-11-17)29-23(18(2)26-22(30)15-25(3,4)5)27-28-24(29)32-16-19-8-7-9-21(14-19)31-6/h7-14,18H,15-16H2,1-6H3,(H,26,30). The first kappa shape index (κ1) is 23.9. The molecule has 7 heteroatoms. The lowest BCUT2D eigenvalue weighted by atomic mass is 9.92. The minimum Gasteiger partial charge on any atom is -0.497 e. The van der Waals surface area contributed by atoms with Crippen molar-refractivity contribution in [3.63, 3.8) is 0 Å². The molecule has 1 amide bonds. The molecule has 0 saturated heterocycles. The van der Waals surface area contributed by atoms with Gasteiger partial charge in [0.15, 0.2) is 11.0 Å². The first-order chi connectivity index (χ1) is 15.2. The van der Waals surface area contributed by atoms with Gasteiger partial charge in [0.05, 0.1) is 13.2 Å². The fourth-order valence-electron chi connectivity index (χ4n) is 3.34. The lowest BCUT2D eigenvalue weighted by Gasteiger charge is -2.20. The van der Waals surface area contributed by atoms with Gasteiger partial charge in [-0.1, -0.05) is 62.4 Å². The second-order valence-corrected chi connectivity index (χ2v) is 10.1. The molecule has 3 aromatic rings. The number of rotatable bonds is 8. The molecular weight excluding hydrogens is 420 g/mol. The first-order valence-electron chi connectivity index (χ1n) is 10.7. The molecule has 0 spiro atoms. The van der Waals surface area contributed by atoms with Crippen LogP contribution < -0.4 is 10.1 Å². The van der Waals surface area contributed by atoms with E-state index in [0.29, 0.717) is 12.2 Å². The van der Waals surface area contributed by atoms with Crippen molar-refractivity contribution in [2.45, 2.75) is 58.0 Å². The van der Waals surface area contributed by atoms with Crippen LogP contribution in [0.3, 0.4) is 0 Å². The normalized spacial score (nSPS) is 12.4. The van der Waals surface area contributed by atoms with Crippen LogP contribution >= 0.6 is 11.8 Å². The summed E-state index contributed by atoms with van der Waals surface area (Å²) in [5, 5.41) is 12.8. The molecule has 0 aliphatic rings. The molecule has 0 saturated carbocycles. The number of aryl methyl sites for hydroxylation is 1. The molecule has 0 fully saturated rings. The number of nitrogens with one attached hydrogen (secondary N) is 1. The van der Waals surface area contributed by atoms with Crippen LogP contribution in [0.2, 0.25) is 0 Å². The quantitative estimate of drug-likeness (QED) is 0.458. The van der Waals surface area contributed by atoms with E-state index in [2.05, 4.69) is 73.5 Å². The lowest BCUT2D eigenvalue weighted by Crippen LogP contribution is -2.31. The van der Waals surface area contributed by atoms with Crippen molar-refractivity contribution in [1.82, 2.24) is 20.1 Å². The van der Waals surface area contributed by atoms with Crippen molar-refractivity contribution in [3.8, 4) is 11.4 Å². The maximum absolute atomic E-state index is 12.5. The molecule has 0 bridgehead atoms. The van der Waals surface area contributed by atoms with Crippen molar-refractivity contribution in [1.29, 1.82) is 0 Å². The van der Waals surface area contributed by atoms with Crippen LogP contribution in [0.1, 0.15) is 57.1 Å². The zero-order valence-corrected chi connectivity index (χ0v) is 20.5. The molecule has 170 valence electrons. The number of hydrogen-bond donors (Lipinski definition) is 1. The number of nitrogens with zero attached hydrogens (tertiary/aromatic N) is 3. The Bertz CT molecular complexity index is 1050. The summed E-state index contributed by atoms with van der Waals surface area (Å²) in [6.07, 6.45) is 0.452. The molecule has 0 radical (unpaired) electrons. The highest BCUT2D eigenvalue weighted by Gasteiger charge is 2.23. The summed E-state index contributed by atoms with van der Waals surface area (Å²) >= 11 is 1.61. The number of benzene rings is 2. The predicted molar refractivity (Wildman–Crippen MR) is 129 cm³/mol. The van der Waals surface area contributed by atoms with Crippen LogP contribution in [-0.2, 0) is 10.5 Å². The third kappa shape index (κ3) is 6.36. The Morgan fingerprint density at radius 2 is 1.88 bits per heavy atom. The van der Waals surface area contributed by atoms with Crippen LogP contribution in [0.4, 0.5) is 0 Å². The van der Waals surface area contributed by atoms with Gasteiger partial charge in [0.2, 0.25) is 5.91 Å². The van der Waals surface area contributed by atoms with E-state index in [0.717, 1.165) is 27.9 Å². The lowest BCUT2D eigenvalue weighted by molar-refractivity contribution is -0.123. The van der Waals surface area contributed by atoms with Crippen molar-refractivity contribution < 1.29 is 9.53 Å². The van der Waals surface area contributed by atoms with Gasteiger partial charge in [-0.05, 0) is 49.1 Å². The first-order valence-corrected chi connectivity index (χ1v) is 11.7. The van der Waals surface area contributed by atoms with Gasteiger partial charge in [-0.25, -0.2) is 0 Å². The topological polar surface area (TPSA) is 69.0 Å². The number of carbonyl (C=O) groups is 1. The minimum atomic E-state index is -0.273. The number of aromatic nitrogens is 3. The van der Waals surface area contributed by atoms with E-state index in [9.17, 15) is 4.79 Å². The highest BCUT2D eigenvalue weighted by Crippen LogP contribution is 2.29. The zero-order valence-electron chi connectivity index (χ0n) is 19.7. The highest BCUT2D eigenvalue weighted by atomic mass is 32.2. The smallest absolute Gasteiger partial charge is 0.221 e. The number of amides is 1. The van der Waals surface area contributed by atoms with Crippen molar-refractivity contribution in [2.75, 3.05) is 7.11 Å². The molecular formula is C25H32N4O2S. The van der Waals surface area contributed by atoms with E-state index >= 15 is 0 Å².